The number of esters is 3. The van der Waals surface area contributed by atoms with Crippen LogP contribution < -0.4 is 0 Å². The fraction of sp³-hybridized carbons (Fsp3) is 0.958. The summed E-state index contributed by atoms with van der Waals surface area (Å²) in [6, 6.07) is 0. The van der Waals surface area contributed by atoms with Crippen LogP contribution in [0.5, 0.6) is 0 Å². The summed E-state index contributed by atoms with van der Waals surface area (Å²) < 4.78 is 17.0. The Bertz CT molecular complexity index is 1160. The van der Waals surface area contributed by atoms with Gasteiger partial charge in [-0.25, -0.2) is 0 Å². The van der Waals surface area contributed by atoms with E-state index >= 15 is 0 Å². The van der Waals surface area contributed by atoms with Crippen LogP contribution in [0.2, 0.25) is 0 Å². The van der Waals surface area contributed by atoms with Crippen LogP contribution in [0.25, 0.3) is 0 Å². The van der Waals surface area contributed by atoms with Crippen LogP contribution in [0.1, 0.15) is 419 Å². The summed E-state index contributed by atoms with van der Waals surface area (Å²) in [5, 5.41) is 0. The Labute approximate surface area is 482 Å². The number of carbonyl (C=O) groups is 3. The number of ether oxygens (including phenoxy) is 3. The average Bonchev–Trinajstić information content (AvgIpc) is 3.43. The highest BCUT2D eigenvalue weighted by atomic mass is 16.6. The standard InChI is InChI=1S/C71H138O6/c1-4-7-10-13-16-19-22-25-27-29-31-33-34-35-36-38-39-41-43-46-49-52-55-58-61-64-70(73)76-67-68(66-75-69(72)63-60-57-54-51-48-45-24-21-18-15-12-9-6-3)77-71(74)65-62-59-56-53-50-47-44-42-40-37-32-30-28-26-23-20-17-14-11-8-5-2/h68H,4-67H2,1-3H3. The molecule has 0 aromatic rings. The van der Waals surface area contributed by atoms with Crippen molar-refractivity contribution in [1.29, 1.82) is 0 Å². The molecular weight excluding hydrogens is 949 g/mol. The molecule has 6 heteroatoms. The number of rotatable bonds is 67. The SMILES string of the molecule is CCCCCCCCCCCCCCCCCCCCCCCCCCCC(=O)OCC(COC(=O)CCCCCCCCCCCCCCC)OC(=O)CCCCCCCCCCCCCCCCCCCCCCC. The van der Waals surface area contributed by atoms with Gasteiger partial charge in [0.1, 0.15) is 13.2 Å². The summed E-state index contributed by atoms with van der Waals surface area (Å²) in [6.07, 6.45) is 78.5. The highest BCUT2D eigenvalue weighted by Gasteiger charge is 2.19. The van der Waals surface area contributed by atoms with Crippen molar-refractivity contribution in [2.75, 3.05) is 13.2 Å². The average molecular weight is 1090 g/mol. The van der Waals surface area contributed by atoms with E-state index in [1.165, 1.54) is 321 Å². The van der Waals surface area contributed by atoms with E-state index in [0.29, 0.717) is 19.3 Å². The molecule has 0 aromatic heterocycles. The van der Waals surface area contributed by atoms with Crippen LogP contribution in [0, 0.1) is 0 Å². The predicted molar refractivity (Wildman–Crippen MR) is 335 cm³/mol. The molecule has 6 nitrogen and oxygen atoms in total. The van der Waals surface area contributed by atoms with Crippen molar-refractivity contribution in [3.8, 4) is 0 Å². The third-order valence-electron chi connectivity index (χ3n) is 16.6. The zero-order valence-corrected chi connectivity index (χ0v) is 52.8. The monoisotopic (exact) mass is 1090 g/mol. The van der Waals surface area contributed by atoms with Crippen molar-refractivity contribution in [3.63, 3.8) is 0 Å². The van der Waals surface area contributed by atoms with Crippen molar-refractivity contribution in [3.05, 3.63) is 0 Å². The lowest BCUT2D eigenvalue weighted by molar-refractivity contribution is -0.167. The quantitative estimate of drug-likeness (QED) is 0.0343. The van der Waals surface area contributed by atoms with E-state index in [1.807, 2.05) is 0 Å². The van der Waals surface area contributed by atoms with E-state index in [2.05, 4.69) is 20.8 Å². The maximum atomic E-state index is 12.9. The molecule has 0 rings (SSSR count). The Hall–Kier alpha value is -1.59. The Morgan fingerprint density at radius 3 is 0.519 bits per heavy atom. The number of hydrogen-bond donors (Lipinski definition) is 0. The highest BCUT2D eigenvalue weighted by Crippen LogP contribution is 2.19. The van der Waals surface area contributed by atoms with Gasteiger partial charge in [-0.05, 0) is 19.3 Å². The predicted octanol–water partition coefficient (Wildman–Crippen LogP) is 24.2. The second-order valence-corrected chi connectivity index (χ2v) is 24.5. The first-order valence-corrected chi connectivity index (χ1v) is 35.5. The summed E-state index contributed by atoms with van der Waals surface area (Å²) in [4.78, 5) is 38.4. The van der Waals surface area contributed by atoms with Crippen LogP contribution in [-0.2, 0) is 28.6 Å². The Kier molecular flexibility index (Phi) is 65.5. The molecule has 0 radical (unpaired) electrons. The fourth-order valence-corrected chi connectivity index (χ4v) is 11.3. The van der Waals surface area contributed by atoms with Crippen LogP contribution in [0.4, 0.5) is 0 Å². The van der Waals surface area contributed by atoms with E-state index in [0.717, 1.165) is 57.8 Å². The summed E-state index contributed by atoms with van der Waals surface area (Å²) >= 11 is 0. The van der Waals surface area contributed by atoms with E-state index < -0.39 is 6.10 Å². The molecule has 0 aliphatic heterocycles. The third-order valence-corrected chi connectivity index (χ3v) is 16.6. The van der Waals surface area contributed by atoms with Crippen LogP contribution in [-0.4, -0.2) is 37.2 Å². The zero-order chi connectivity index (χ0) is 55.7. The summed E-state index contributed by atoms with van der Waals surface area (Å²) in [6.45, 7) is 6.74. The van der Waals surface area contributed by atoms with Gasteiger partial charge in [0.25, 0.3) is 0 Å². The number of carbonyl (C=O) groups excluding carboxylic acids is 3. The number of hydrogen-bond acceptors (Lipinski definition) is 6. The van der Waals surface area contributed by atoms with Gasteiger partial charge in [0, 0.05) is 19.3 Å². The van der Waals surface area contributed by atoms with E-state index in [9.17, 15) is 14.4 Å². The Morgan fingerprint density at radius 2 is 0.351 bits per heavy atom. The van der Waals surface area contributed by atoms with Gasteiger partial charge in [0.05, 0.1) is 0 Å². The zero-order valence-electron chi connectivity index (χ0n) is 52.8. The molecule has 0 bridgehead atoms. The summed E-state index contributed by atoms with van der Waals surface area (Å²) in [7, 11) is 0. The summed E-state index contributed by atoms with van der Waals surface area (Å²) in [5.74, 6) is -0.820. The fourth-order valence-electron chi connectivity index (χ4n) is 11.3. The molecule has 0 aliphatic carbocycles. The molecule has 0 amide bonds. The van der Waals surface area contributed by atoms with E-state index in [-0.39, 0.29) is 31.1 Å². The maximum Gasteiger partial charge on any atom is 0.306 e. The van der Waals surface area contributed by atoms with Gasteiger partial charge < -0.3 is 14.2 Å². The molecule has 458 valence electrons. The largest absolute Gasteiger partial charge is 0.462 e. The second-order valence-electron chi connectivity index (χ2n) is 24.5. The molecular formula is C71H138O6. The van der Waals surface area contributed by atoms with Gasteiger partial charge >= 0.3 is 17.9 Å². The first-order valence-electron chi connectivity index (χ1n) is 35.5. The van der Waals surface area contributed by atoms with E-state index in [1.54, 1.807) is 0 Å². The van der Waals surface area contributed by atoms with Gasteiger partial charge in [-0.1, -0.05) is 380 Å². The minimum absolute atomic E-state index is 0.0602. The maximum absolute atomic E-state index is 12.9. The van der Waals surface area contributed by atoms with Gasteiger partial charge in [0.2, 0.25) is 0 Å². The van der Waals surface area contributed by atoms with Crippen molar-refractivity contribution < 1.29 is 28.6 Å². The third kappa shape index (κ3) is 65.1. The smallest absolute Gasteiger partial charge is 0.306 e. The minimum atomic E-state index is -0.763. The molecule has 0 heterocycles. The lowest BCUT2D eigenvalue weighted by Gasteiger charge is -2.18. The van der Waals surface area contributed by atoms with Gasteiger partial charge in [0.15, 0.2) is 6.10 Å². The molecule has 0 spiro atoms. The van der Waals surface area contributed by atoms with Gasteiger partial charge in [-0.15, -0.1) is 0 Å². The highest BCUT2D eigenvalue weighted by molar-refractivity contribution is 5.71. The topological polar surface area (TPSA) is 78.9 Å². The van der Waals surface area contributed by atoms with Crippen LogP contribution in [0.3, 0.4) is 0 Å². The lowest BCUT2D eigenvalue weighted by Crippen LogP contribution is -2.30. The first-order chi connectivity index (χ1) is 38.0. The van der Waals surface area contributed by atoms with Crippen molar-refractivity contribution in [2.45, 2.75) is 425 Å². The normalized spacial score (nSPS) is 11.9. The summed E-state index contributed by atoms with van der Waals surface area (Å²) in [5.41, 5.74) is 0. The van der Waals surface area contributed by atoms with Gasteiger partial charge in [-0.2, -0.15) is 0 Å². The molecule has 1 unspecified atom stereocenters. The second kappa shape index (κ2) is 66.9. The first kappa shape index (κ1) is 75.4. The Morgan fingerprint density at radius 1 is 0.208 bits per heavy atom. The Balaban J connectivity index is 4.18. The molecule has 0 fully saturated rings. The molecule has 0 aliphatic rings. The molecule has 0 saturated heterocycles. The van der Waals surface area contributed by atoms with Crippen LogP contribution in [0.15, 0.2) is 0 Å². The minimum Gasteiger partial charge on any atom is -0.462 e. The van der Waals surface area contributed by atoms with Crippen LogP contribution >= 0.6 is 0 Å². The molecule has 1 atom stereocenters. The lowest BCUT2D eigenvalue weighted by atomic mass is 10.0. The molecule has 0 N–H and O–H groups in total. The number of unbranched alkanes of at least 4 members (excludes halogenated alkanes) is 56. The van der Waals surface area contributed by atoms with Gasteiger partial charge in [-0.3, -0.25) is 14.4 Å². The van der Waals surface area contributed by atoms with Crippen molar-refractivity contribution in [1.82, 2.24) is 0 Å². The molecule has 0 saturated carbocycles. The molecule has 0 aromatic carbocycles. The molecule has 77 heavy (non-hydrogen) atoms. The van der Waals surface area contributed by atoms with Crippen molar-refractivity contribution in [2.24, 2.45) is 0 Å². The van der Waals surface area contributed by atoms with Crippen molar-refractivity contribution >= 4 is 17.9 Å². The van der Waals surface area contributed by atoms with E-state index in [4.69, 9.17) is 14.2 Å².